The molecule has 1 aliphatic heterocycles. The monoisotopic (exact) mass is 718 g/mol. The third-order valence-corrected chi connectivity index (χ3v) is 10.9. The number of nitrogens with zero attached hydrogens (tertiary/aromatic N) is 3. The second-order valence-corrected chi connectivity index (χ2v) is 14.2. The Morgan fingerprint density at radius 2 is 1.14 bits per heavy atom. The summed E-state index contributed by atoms with van der Waals surface area (Å²) in [6, 6.07) is 68.1. The highest BCUT2D eigenvalue weighted by Gasteiger charge is 2.24. The van der Waals surface area contributed by atoms with Gasteiger partial charge < -0.3 is 14.3 Å². The predicted octanol–water partition coefficient (Wildman–Crippen LogP) is 12.5. The van der Waals surface area contributed by atoms with E-state index in [0.717, 1.165) is 66.8 Å². The highest BCUT2D eigenvalue weighted by molar-refractivity contribution is 6.21. The van der Waals surface area contributed by atoms with Gasteiger partial charge in [0.05, 0.1) is 16.6 Å². The number of furan rings is 1. The van der Waals surface area contributed by atoms with Crippen LogP contribution in [-0.2, 0) is 0 Å². The normalized spacial score (nSPS) is 14.2. The number of amidine groups is 2. The lowest BCUT2D eigenvalue weighted by atomic mass is 9.97. The average molecular weight is 719 g/mol. The average Bonchev–Trinajstić information content (AvgIpc) is 3.83. The van der Waals surface area contributed by atoms with Gasteiger partial charge in [-0.3, -0.25) is 0 Å². The van der Waals surface area contributed by atoms with Crippen LogP contribution < -0.4 is 5.32 Å². The first-order chi connectivity index (χ1) is 27.8. The van der Waals surface area contributed by atoms with E-state index in [1.165, 1.54) is 27.4 Å². The zero-order valence-corrected chi connectivity index (χ0v) is 30.3. The van der Waals surface area contributed by atoms with Crippen molar-refractivity contribution in [1.29, 1.82) is 0 Å². The zero-order chi connectivity index (χ0) is 37.0. The highest BCUT2D eigenvalue weighted by atomic mass is 16.3. The van der Waals surface area contributed by atoms with E-state index in [1.54, 1.807) is 0 Å². The van der Waals surface area contributed by atoms with Crippen LogP contribution in [0.15, 0.2) is 209 Å². The zero-order valence-electron chi connectivity index (χ0n) is 30.3. The first kappa shape index (κ1) is 32.0. The van der Waals surface area contributed by atoms with Gasteiger partial charge in [0.25, 0.3) is 0 Å². The SMILES string of the molecule is c1ccc(C2=NC(c3cccc4c3oc3cccc(-c5ccc6c7ccccc7n(-c7cccc(-c8ccccc8)c7)c6c5)c34)=NC(c3ccccc3)N2)cc1. The Bertz CT molecular complexity index is 3160. The quantitative estimate of drug-likeness (QED) is 0.186. The van der Waals surface area contributed by atoms with Crippen molar-refractivity contribution in [2.45, 2.75) is 6.17 Å². The fraction of sp³-hybridized carbons (Fsp3) is 0.0196. The Balaban J connectivity index is 1.08. The lowest BCUT2D eigenvalue weighted by Gasteiger charge is -2.23. The van der Waals surface area contributed by atoms with Crippen molar-refractivity contribution in [2.75, 3.05) is 0 Å². The van der Waals surface area contributed by atoms with Crippen LogP contribution in [0.25, 0.3) is 71.7 Å². The molecule has 0 bridgehead atoms. The molecule has 0 saturated carbocycles. The molecule has 264 valence electrons. The van der Waals surface area contributed by atoms with Gasteiger partial charge in [-0.05, 0) is 64.2 Å². The first-order valence-corrected chi connectivity index (χ1v) is 18.9. The van der Waals surface area contributed by atoms with Crippen molar-refractivity contribution in [2.24, 2.45) is 9.98 Å². The molecule has 0 fully saturated rings. The van der Waals surface area contributed by atoms with Crippen LogP contribution in [0.5, 0.6) is 0 Å². The second-order valence-electron chi connectivity index (χ2n) is 14.2. The third-order valence-electron chi connectivity index (χ3n) is 10.9. The van der Waals surface area contributed by atoms with Gasteiger partial charge >= 0.3 is 0 Å². The van der Waals surface area contributed by atoms with Crippen LogP contribution in [0, 0.1) is 0 Å². The minimum absolute atomic E-state index is 0.305. The van der Waals surface area contributed by atoms with Crippen molar-refractivity contribution in [3.8, 4) is 27.9 Å². The highest BCUT2D eigenvalue weighted by Crippen LogP contribution is 2.41. The molecule has 1 aliphatic rings. The van der Waals surface area contributed by atoms with Gasteiger partial charge in [0.1, 0.15) is 23.2 Å². The molecule has 8 aromatic carbocycles. The number of nitrogens with one attached hydrogen (secondary N) is 1. The third kappa shape index (κ3) is 5.32. The summed E-state index contributed by atoms with van der Waals surface area (Å²) in [7, 11) is 0. The minimum Gasteiger partial charge on any atom is -0.455 e. The minimum atomic E-state index is -0.305. The first-order valence-electron chi connectivity index (χ1n) is 18.9. The summed E-state index contributed by atoms with van der Waals surface area (Å²) in [5, 5.41) is 8.10. The smallest absolute Gasteiger partial charge is 0.163 e. The van der Waals surface area contributed by atoms with Crippen LogP contribution >= 0.6 is 0 Å². The maximum Gasteiger partial charge on any atom is 0.163 e. The molecule has 3 heterocycles. The van der Waals surface area contributed by atoms with Gasteiger partial charge in [-0.1, -0.05) is 158 Å². The molecule has 1 atom stereocenters. The molecule has 5 nitrogen and oxygen atoms in total. The largest absolute Gasteiger partial charge is 0.455 e. The summed E-state index contributed by atoms with van der Waals surface area (Å²) in [6.07, 6.45) is -0.305. The molecule has 0 spiro atoms. The fourth-order valence-electron chi connectivity index (χ4n) is 8.25. The summed E-state index contributed by atoms with van der Waals surface area (Å²) in [6.45, 7) is 0. The molecular weight excluding hydrogens is 685 g/mol. The Morgan fingerprint density at radius 3 is 1.98 bits per heavy atom. The Morgan fingerprint density at radius 1 is 0.482 bits per heavy atom. The maximum absolute atomic E-state index is 6.79. The van der Waals surface area contributed by atoms with Gasteiger partial charge in [-0.15, -0.1) is 0 Å². The number of rotatable bonds is 6. The number of hydrogen-bond donors (Lipinski definition) is 1. The van der Waals surface area contributed by atoms with Crippen LogP contribution in [0.2, 0.25) is 0 Å². The van der Waals surface area contributed by atoms with E-state index in [0.29, 0.717) is 5.84 Å². The summed E-state index contributed by atoms with van der Waals surface area (Å²) in [5.74, 6) is 1.41. The number of hydrogen-bond acceptors (Lipinski definition) is 4. The lowest BCUT2D eigenvalue weighted by molar-refractivity contribution is 0.663. The summed E-state index contributed by atoms with van der Waals surface area (Å²) >= 11 is 0. The molecule has 1 N–H and O–H groups in total. The molecule has 10 aromatic rings. The molecule has 0 saturated heterocycles. The molecule has 1 unspecified atom stereocenters. The molecule has 11 rings (SSSR count). The molecule has 0 radical (unpaired) electrons. The topological polar surface area (TPSA) is 54.8 Å². The van der Waals surface area contributed by atoms with Gasteiger partial charge in [0.2, 0.25) is 0 Å². The van der Waals surface area contributed by atoms with Gasteiger partial charge in [-0.25, -0.2) is 9.98 Å². The molecule has 2 aromatic heterocycles. The number of para-hydroxylation sites is 2. The number of fused-ring (bicyclic) bond motifs is 6. The summed E-state index contributed by atoms with van der Waals surface area (Å²) in [5.41, 5.74) is 12.6. The van der Waals surface area contributed by atoms with Crippen molar-refractivity contribution < 1.29 is 4.42 Å². The van der Waals surface area contributed by atoms with Gasteiger partial charge in [-0.2, -0.15) is 0 Å². The van der Waals surface area contributed by atoms with Crippen molar-refractivity contribution in [3.63, 3.8) is 0 Å². The molecule has 5 heteroatoms. The van der Waals surface area contributed by atoms with Crippen molar-refractivity contribution >= 4 is 55.4 Å². The predicted molar refractivity (Wildman–Crippen MR) is 231 cm³/mol. The molecule has 56 heavy (non-hydrogen) atoms. The van der Waals surface area contributed by atoms with E-state index in [2.05, 4.69) is 168 Å². The van der Waals surface area contributed by atoms with Crippen molar-refractivity contribution in [1.82, 2.24) is 9.88 Å². The van der Waals surface area contributed by atoms with Crippen LogP contribution in [-0.4, -0.2) is 16.2 Å². The Labute approximate surface area is 323 Å². The van der Waals surface area contributed by atoms with E-state index < -0.39 is 0 Å². The summed E-state index contributed by atoms with van der Waals surface area (Å²) < 4.78 is 9.18. The Kier molecular flexibility index (Phi) is 7.49. The number of aromatic nitrogens is 1. The van der Waals surface area contributed by atoms with Gasteiger partial charge in [0.15, 0.2) is 5.84 Å². The van der Waals surface area contributed by atoms with Crippen LogP contribution in [0.4, 0.5) is 0 Å². The summed E-state index contributed by atoms with van der Waals surface area (Å²) in [4.78, 5) is 10.3. The van der Waals surface area contributed by atoms with Crippen LogP contribution in [0.1, 0.15) is 22.9 Å². The molecular formula is C51H34N4O. The second kappa shape index (κ2) is 13.1. The van der Waals surface area contributed by atoms with E-state index >= 15 is 0 Å². The van der Waals surface area contributed by atoms with Crippen molar-refractivity contribution in [3.05, 3.63) is 211 Å². The van der Waals surface area contributed by atoms with E-state index in [-0.39, 0.29) is 6.17 Å². The van der Waals surface area contributed by atoms with E-state index in [1.807, 2.05) is 36.4 Å². The number of aliphatic imine (C=N–C) groups is 2. The lowest BCUT2D eigenvalue weighted by Crippen LogP contribution is -2.33. The van der Waals surface area contributed by atoms with E-state index in [9.17, 15) is 0 Å². The van der Waals surface area contributed by atoms with Crippen LogP contribution in [0.3, 0.4) is 0 Å². The molecule has 0 amide bonds. The Hall–Kier alpha value is -7.50. The molecule has 0 aliphatic carbocycles. The fourth-order valence-corrected chi connectivity index (χ4v) is 8.25. The standard InChI is InChI=1S/C51H34N4O/c1-4-15-33(16-5-1)36-21-12-22-38(31-36)55-44-27-11-10-23-40(44)41-30-29-37(32-45(41)55)39-24-14-28-46-47(39)42-25-13-26-43(48(42)56-46)51-53-49(34-17-6-2-7-18-34)52-50(54-51)35-19-8-3-9-20-35/h1-32,49H,(H,52,53,54). The van der Waals surface area contributed by atoms with Gasteiger partial charge in [0, 0.05) is 32.8 Å². The maximum atomic E-state index is 6.79. The van der Waals surface area contributed by atoms with E-state index in [4.69, 9.17) is 14.4 Å². The number of benzene rings is 8.